The van der Waals surface area contributed by atoms with Crippen LogP contribution in [0.1, 0.15) is 11.7 Å². The molecule has 1 rings (SSSR count). The van der Waals surface area contributed by atoms with Crippen LogP contribution >= 0.6 is 15.9 Å². The number of aliphatic hydroxyl groups is 2. The van der Waals surface area contributed by atoms with Gasteiger partial charge in [-0.1, -0.05) is 15.9 Å². The summed E-state index contributed by atoms with van der Waals surface area (Å²) in [4.78, 5) is 10.4. The fraction of sp³-hybridized carbons (Fsp3) is 0.222. The van der Waals surface area contributed by atoms with Gasteiger partial charge in [-0.05, 0) is 18.2 Å². The molecule has 0 radical (unpaired) electrons. The van der Waals surface area contributed by atoms with E-state index in [4.69, 9.17) is 10.2 Å². The van der Waals surface area contributed by atoms with E-state index < -0.39 is 24.0 Å². The first kappa shape index (κ1) is 12.1. The summed E-state index contributed by atoms with van der Waals surface area (Å²) in [6, 6.07) is 3.43. The van der Waals surface area contributed by atoms with E-state index in [1.807, 2.05) is 0 Å². The molecule has 0 saturated carbocycles. The van der Waals surface area contributed by atoms with E-state index >= 15 is 0 Å². The summed E-state index contributed by atoms with van der Waals surface area (Å²) in [6.45, 7) is 0. The van der Waals surface area contributed by atoms with E-state index in [1.165, 1.54) is 6.07 Å². The molecule has 6 heteroatoms. The third-order valence-corrected chi connectivity index (χ3v) is 2.55. The summed E-state index contributed by atoms with van der Waals surface area (Å²) in [7, 11) is 0. The number of carboxylic acids is 1. The molecule has 82 valence electrons. The van der Waals surface area contributed by atoms with E-state index in [9.17, 15) is 14.3 Å². The van der Waals surface area contributed by atoms with Gasteiger partial charge in [0.25, 0.3) is 0 Å². The van der Waals surface area contributed by atoms with Gasteiger partial charge in [-0.15, -0.1) is 0 Å². The van der Waals surface area contributed by atoms with Gasteiger partial charge in [0.2, 0.25) is 0 Å². The average Bonchev–Trinajstić information content (AvgIpc) is 2.19. The molecule has 2 unspecified atom stereocenters. The van der Waals surface area contributed by atoms with Gasteiger partial charge in [-0.2, -0.15) is 0 Å². The summed E-state index contributed by atoms with van der Waals surface area (Å²) >= 11 is 3.02. The lowest BCUT2D eigenvalue weighted by atomic mass is 10.0. The average molecular weight is 279 g/mol. The molecule has 2 atom stereocenters. The van der Waals surface area contributed by atoms with Crippen LogP contribution in [0.15, 0.2) is 22.7 Å². The van der Waals surface area contributed by atoms with Gasteiger partial charge >= 0.3 is 5.97 Å². The van der Waals surface area contributed by atoms with Crippen molar-refractivity contribution >= 4 is 21.9 Å². The van der Waals surface area contributed by atoms with E-state index in [0.717, 1.165) is 12.1 Å². The first-order chi connectivity index (χ1) is 6.93. The topological polar surface area (TPSA) is 77.8 Å². The predicted molar refractivity (Wildman–Crippen MR) is 52.7 cm³/mol. The lowest BCUT2D eigenvalue weighted by molar-refractivity contribution is -0.153. The minimum Gasteiger partial charge on any atom is -0.479 e. The van der Waals surface area contributed by atoms with Gasteiger partial charge in [-0.25, -0.2) is 9.18 Å². The minimum atomic E-state index is -1.98. The van der Waals surface area contributed by atoms with Crippen molar-refractivity contribution in [3.05, 3.63) is 34.1 Å². The van der Waals surface area contributed by atoms with Crippen LogP contribution in [0, 0.1) is 5.82 Å². The van der Waals surface area contributed by atoms with Crippen LogP contribution in [0.2, 0.25) is 0 Å². The Kier molecular flexibility index (Phi) is 3.78. The first-order valence-electron chi connectivity index (χ1n) is 3.97. The van der Waals surface area contributed by atoms with E-state index in [1.54, 1.807) is 0 Å². The molecule has 1 aromatic carbocycles. The molecule has 3 N–H and O–H groups in total. The number of carbonyl (C=O) groups is 1. The molecule has 0 fully saturated rings. The minimum absolute atomic E-state index is 0.00935. The smallest absolute Gasteiger partial charge is 0.335 e. The Balaban J connectivity index is 3.04. The molecule has 0 bridgehead atoms. The Hall–Kier alpha value is -0.980. The summed E-state index contributed by atoms with van der Waals surface area (Å²) in [5.74, 6) is -2.19. The van der Waals surface area contributed by atoms with Gasteiger partial charge in [0.05, 0.1) is 0 Å². The van der Waals surface area contributed by atoms with Crippen LogP contribution in [0.4, 0.5) is 4.39 Å². The fourth-order valence-corrected chi connectivity index (χ4v) is 1.53. The highest BCUT2D eigenvalue weighted by atomic mass is 79.9. The van der Waals surface area contributed by atoms with Gasteiger partial charge < -0.3 is 15.3 Å². The van der Waals surface area contributed by atoms with Gasteiger partial charge in [0, 0.05) is 10.0 Å². The number of carboxylic acid groups (broad SMARTS) is 1. The molecule has 0 aliphatic heterocycles. The van der Waals surface area contributed by atoms with Crippen LogP contribution in [-0.4, -0.2) is 27.4 Å². The van der Waals surface area contributed by atoms with Crippen LogP contribution in [-0.2, 0) is 4.79 Å². The molecule has 15 heavy (non-hydrogen) atoms. The molecule has 0 amide bonds. The number of rotatable bonds is 3. The normalized spacial score (nSPS) is 14.7. The van der Waals surface area contributed by atoms with Crippen molar-refractivity contribution in [1.82, 2.24) is 0 Å². The Labute approximate surface area is 93.1 Å². The Morgan fingerprint density at radius 1 is 1.40 bits per heavy atom. The molecule has 0 aromatic heterocycles. The summed E-state index contributed by atoms with van der Waals surface area (Å²) in [5, 5.41) is 27.0. The Morgan fingerprint density at radius 3 is 2.53 bits per heavy atom. The maximum atomic E-state index is 12.8. The van der Waals surface area contributed by atoms with Crippen molar-refractivity contribution in [3.8, 4) is 0 Å². The fourth-order valence-electron chi connectivity index (χ4n) is 1.05. The first-order valence-corrected chi connectivity index (χ1v) is 4.76. The molecule has 0 spiro atoms. The van der Waals surface area contributed by atoms with Gasteiger partial charge in [0.1, 0.15) is 11.9 Å². The second-order valence-corrected chi connectivity index (χ2v) is 3.75. The Morgan fingerprint density at radius 2 is 2.00 bits per heavy atom. The highest BCUT2D eigenvalue weighted by Gasteiger charge is 2.26. The zero-order valence-corrected chi connectivity index (χ0v) is 8.98. The zero-order valence-electron chi connectivity index (χ0n) is 7.39. The largest absolute Gasteiger partial charge is 0.479 e. The molecular formula is C9H8BrFO4. The third kappa shape index (κ3) is 2.74. The number of hydrogen-bond donors (Lipinski definition) is 3. The van der Waals surface area contributed by atoms with Crippen molar-refractivity contribution in [1.29, 1.82) is 0 Å². The van der Waals surface area contributed by atoms with Crippen molar-refractivity contribution in [3.63, 3.8) is 0 Å². The molecule has 0 heterocycles. The lowest BCUT2D eigenvalue weighted by Gasteiger charge is -2.15. The van der Waals surface area contributed by atoms with Crippen molar-refractivity contribution in [2.24, 2.45) is 0 Å². The standard InChI is InChI=1S/C9H8BrFO4/c10-6-2-1-4(11)3-5(6)7(12)8(13)9(14)15/h1-3,7-8,12-13H,(H,14,15). The van der Waals surface area contributed by atoms with Crippen molar-refractivity contribution < 1.29 is 24.5 Å². The summed E-state index contributed by atoms with van der Waals surface area (Å²) in [5.41, 5.74) is -0.00935. The molecule has 0 aliphatic carbocycles. The number of hydrogen-bond acceptors (Lipinski definition) is 3. The molecular weight excluding hydrogens is 271 g/mol. The molecule has 1 aromatic rings. The number of aliphatic carboxylic acids is 1. The summed E-state index contributed by atoms with van der Waals surface area (Å²) in [6.07, 6.45) is -3.66. The zero-order chi connectivity index (χ0) is 11.6. The highest BCUT2D eigenvalue weighted by Crippen LogP contribution is 2.26. The highest BCUT2D eigenvalue weighted by molar-refractivity contribution is 9.10. The van der Waals surface area contributed by atoms with Crippen molar-refractivity contribution in [2.75, 3.05) is 0 Å². The monoisotopic (exact) mass is 278 g/mol. The lowest BCUT2D eigenvalue weighted by Crippen LogP contribution is -2.27. The van der Waals surface area contributed by atoms with Gasteiger partial charge in [0.15, 0.2) is 6.10 Å². The SMILES string of the molecule is O=C(O)C(O)C(O)c1cc(F)ccc1Br. The van der Waals surface area contributed by atoms with Crippen molar-refractivity contribution in [2.45, 2.75) is 12.2 Å². The van der Waals surface area contributed by atoms with Crippen LogP contribution in [0.5, 0.6) is 0 Å². The number of aliphatic hydroxyl groups excluding tert-OH is 2. The third-order valence-electron chi connectivity index (χ3n) is 1.83. The molecule has 0 saturated heterocycles. The second kappa shape index (κ2) is 4.69. The van der Waals surface area contributed by atoms with E-state index in [-0.39, 0.29) is 5.56 Å². The van der Waals surface area contributed by atoms with Crippen LogP contribution in [0.25, 0.3) is 0 Å². The van der Waals surface area contributed by atoms with Crippen LogP contribution in [0.3, 0.4) is 0 Å². The van der Waals surface area contributed by atoms with E-state index in [0.29, 0.717) is 4.47 Å². The van der Waals surface area contributed by atoms with E-state index in [2.05, 4.69) is 15.9 Å². The quantitative estimate of drug-likeness (QED) is 0.773. The number of halogens is 2. The molecule has 0 aliphatic rings. The van der Waals surface area contributed by atoms with Crippen LogP contribution < -0.4 is 0 Å². The number of benzene rings is 1. The molecule has 4 nitrogen and oxygen atoms in total. The summed E-state index contributed by atoms with van der Waals surface area (Å²) < 4.78 is 13.1. The predicted octanol–water partition coefficient (Wildman–Crippen LogP) is 1.07. The Bertz CT molecular complexity index is 382. The second-order valence-electron chi connectivity index (χ2n) is 2.89. The maximum absolute atomic E-state index is 12.8. The maximum Gasteiger partial charge on any atom is 0.335 e. The van der Waals surface area contributed by atoms with Gasteiger partial charge in [-0.3, -0.25) is 0 Å².